The number of thiophene rings is 1. The highest BCUT2D eigenvalue weighted by Crippen LogP contribution is 2.26. The predicted molar refractivity (Wildman–Crippen MR) is 61.9 cm³/mol. The summed E-state index contributed by atoms with van der Waals surface area (Å²) in [4.78, 5) is 5.46. The molecule has 2 atom stereocenters. The van der Waals surface area contributed by atoms with E-state index in [4.69, 9.17) is 0 Å². The number of rotatable bonds is 3. The maximum absolute atomic E-state index is 9.57. The van der Waals surface area contributed by atoms with Crippen molar-refractivity contribution in [2.75, 3.05) is 0 Å². The Morgan fingerprint density at radius 2 is 2.27 bits per heavy atom. The normalized spacial score (nSPS) is 15.1. The molecular formula is C11H14N2OS. The van der Waals surface area contributed by atoms with E-state index in [9.17, 15) is 5.11 Å². The van der Waals surface area contributed by atoms with Gasteiger partial charge in [-0.05, 0) is 25.3 Å². The van der Waals surface area contributed by atoms with Crippen molar-refractivity contribution in [3.8, 4) is 10.7 Å². The van der Waals surface area contributed by atoms with Gasteiger partial charge in [-0.25, -0.2) is 4.98 Å². The van der Waals surface area contributed by atoms with Gasteiger partial charge in [0, 0.05) is 12.4 Å². The molecule has 0 saturated carbocycles. The monoisotopic (exact) mass is 222 g/mol. The third-order valence-electron chi connectivity index (χ3n) is 2.55. The lowest BCUT2D eigenvalue weighted by Crippen LogP contribution is -2.18. The van der Waals surface area contributed by atoms with Crippen LogP contribution in [0.2, 0.25) is 0 Å². The summed E-state index contributed by atoms with van der Waals surface area (Å²) in [7, 11) is 0. The van der Waals surface area contributed by atoms with E-state index in [0.29, 0.717) is 0 Å². The first-order valence-corrected chi connectivity index (χ1v) is 5.83. The maximum atomic E-state index is 9.57. The number of imidazole rings is 1. The fourth-order valence-corrected chi connectivity index (χ4v) is 2.20. The zero-order valence-corrected chi connectivity index (χ0v) is 9.61. The number of nitrogens with zero attached hydrogens (tertiary/aromatic N) is 2. The highest BCUT2D eigenvalue weighted by molar-refractivity contribution is 7.13. The third-order valence-corrected chi connectivity index (χ3v) is 3.41. The van der Waals surface area contributed by atoms with Crippen LogP contribution < -0.4 is 0 Å². The molecule has 0 aromatic carbocycles. The van der Waals surface area contributed by atoms with Crippen LogP contribution in [0.5, 0.6) is 0 Å². The second-order valence-electron chi connectivity index (χ2n) is 3.62. The SMILES string of the molecule is CC(O)C(C)n1ccnc1-c1cccs1. The highest BCUT2D eigenvalue weighted by Gasteiger charge is 2.15. The second-order valence-corrected chi connectivity index (χ2v) is 4.56. The van der Waals surface area contributed by atoms with Crippen LogP contribution in [-0.4, -0.2) is 20.8 Å². The molecular weight excluding hydrogens is 208 g/mol. The molecule has 0 aliphatic carbocycles. The first-order valence-electron chi connectivity index (χ1n) is 4.95. The Hall–Kier alpha value is -1.13. The Balaban J connectivity index is 2.38. The van der Waals surface area contributed by atoms with Crippen LogP contribution in [0.15, 0.2) is 29.9 Å². The minimum Gasteiger partial charge on any atom is -0.391 e. The van der Waals surface area contributed by atoms with Gasteiger partial charge in [-0.3, -0.25) is 0 Å². The summed E-state index contributed by atoms with van der Waals surface area (Å²) >= 11 is 1.66. The van der Waals surface area contributed by atoms with Crippen molar-refractivity contribution in [2.45, 2.75) is 26.0 Å². The number of hydrogen-bond acceptors (Lipinski definition) is 3. The average Bonchev–Trinajstić information content (AvgIpc) is 2.86. The van der Waals surface area contributed by atoms with Gasteiger partial charge in [-0.15, -0.1) is 11.3 Å². The number of hydrogen-bond donors (Lipinski definition) is 1. The van der Waals surface area contributed by atoms with Gasteiger partial charge in [0.2, 0.25) is 0 Å². The molecule has 2 aromatic rings. The lowest BCUT2D eigenvalue weighted by atomic mass is 10.2. The van der Waals surface area contributed by atoms with Crippen molar-refractivity contribution in [3.63, 3.8) is 0 Å². The summed E-state index contributed by atoms with van der Waals surface area (Å²) in [6, 6.07) is 4.09. The number of aliphatic hydroxyl groups is 1. The van der Waals surface area contributed by atoms with Gasteiger partial charge in [-0.1, -0.05) is 6.07 Å². The van der Waals surface area contributed by atoms with Crippen LogP contribution >= 0.6 is 11.3 Å². The lowest BCUT2D eigenvalue weighted by molar-refractivity contribution is 0.140. The quantitative estimate of drug-likeness (QED) is 0.866. The molecule has 4 heteroatoms. The van der Waals surface area contributed by atoms with E-state index in [-0.39, 0.29) is 12.1 Å². The van der Waals surface area contributed by atoms with Crippen molar-refractivity contribution >= 4 is 11.3 Å². The molecule has 2 unspecified atom stereocenters. The minimum atomic E-state index is -0.377. The van der Waals surface area contributed by atoms with Crippen molar-refractivity contribution in [1.82, 2.24) is 9.55 Å². The van der Waals surface area contributed by atoms with Gasteiger partial charge >= 0.3 is 0 Å². The van der Waals surface area contributed by atoms with E-state index < -0.39 is 0 Å². The van der Waals surface area contributed by atoms with E-state index in [2.05, 4.69) is 4.98 Å². The molecule has 3 nitrogen and oxygen atoms in total. The summed E-state index contributed by atoms with van der Waals surface area (Å²) in [5, 5.41) is 11.6. The highest BCUT2D eigenvalue weighted by atomic mass is 32.1. The fourth-order valence-electron chi connectivity index (χ4n) is 1.47. The average molecular weight is 222 g/mol. The van der Waals surface area contributed by atoms with Gasteiger partial charge in [0.25, 0.3) is 0 Å². The molecule has 0 aliphatic rings. The molecule has 0 fully saturated rings. The molecule has 2 heterocycles. The van der Waals surface area contributed by atoms with Crippen LogP contribution in [0.3, 0.4) is 0 Å². The Kier molecular flexibility index (Phi) is 2.88. The van der Waals surface area contributed by atoms with Gasteiger partial charge in [-0.2, -0.15) is 0 Å². The van der Waals surface area contributed by atoms with Crippen molar-refractivity contribution in [2.24, 2.45) is 0 Å². The van der Waals surface area contributed by atoms with E-state index in [1.807, 2.05) is 35.2 Å². The van der Waals surface area contributed by atoms with E-state index in [0.717, 1.165) is 10.7 Å². The molecule has 15 heavy (non-hydrogen) atoms. The van der Waals surface area contributed by atoms with Gasteiger partial charge in [0.05, 0.1) is 17.0 Å². The van der Waals surface area contributed by atoms with Crippen LogP contribution in [-0.2, 0) is 0 Å². The van der Waals surface area contributed by atoms with Gasteiger partial charge in [0.15, 0.2) is 0 Å². The molecule has 2 rings (SSSR count). The molecule has 0 saturated heterocycles. The lowest BCUT2D eigenvalue weighted by Gasteiger charge is -2.18. The molecule has 0 aliphatic heterocycles. The summed E-state index contributed by atoms with van der Waals surface area (Å²) < 4.78 is 2.01. The van der Waals surface area contributed by atoms with Crippen LogP contribution in [0.1, 0.15) is 19.9 Å². The second kappa shape index (κ2) is 4.16. The van der Waals surface area contributed by atoms with Crippen LogP contribution in [0.4, 0.5) is 0 Å². The van der Waals surface area contributed by atoms with Gasteiger partial charge < -0.3 is 9.67 Å². The fraction of sp³-hybridized carbons (Fsp3) is 0.364. The maximum Gasteiger partial charge on any atom is 0.150 e. The summed E-state index contributed by atoms with van der Waals surface area (Å²) in [6.45, 7) is 3.78. The van der Waals surface area contributed by atoms with Gasteiger partial charge in [0.1, 0.15) is 5.82 Å². The molecule has 0 spiro atoms. The number of aliphatic hydroxyl groups excluding tert-OH is 1. The largest absolute Gasteiger partial charge is 0.391 e. The topological polar surface area (TPSA) is 38.0 Å². The van der Waals surface area contributed by atoms with E-state index >= 15 is 0 Å². The molecule has 2 aromatic heterocycles. The van der Waals surface area contributed by atoms with Crippen molar-refractivity contribution in [1.29, 1.82) is 0 Å². The zero-order valence-electron chi connectivity index (χ0n) is 8.79. The molecule has 80 valence electrons. The molecule has 1 N–H and O–H groups in total. The Morgan fingerprint density at radius 3 is 2.87 bits per heavy atom. The first kappa shape index (κ1) is 10.4. The predicted octanol–water partition coefficient (Wildman–Crippen LogP) is 2.55. The zero-order chi connectivity index (χ0) is 10.8. The van der Waals surface area contributed by atoms with Crippen molar-refractivity contribution in [3.05, 3.63) is 29.9 Å². The summed E-state index contributed by atoms with van der Waals surface area (Å²) in [6.07, 6.45) is 3.30. The Morgan fingerprint density at radius 1 is 1.47 bits per heavy atom. The Labute approximate surface area is 93.0 Å². The van der Waals surface area contributed by atoms with E-state index in [1.165, 1.54) is 0 Å². The Bertz CT molecular complexity index is 419. The summed E-state index contributed by atoms with van der Waals surface area (Å²) in [5.74, 6) is 0.929. The van der Waals surface area contributed by atoms with E-state index in [1.54, 1.807) is 24.5 Å². The standard InChI is InChI=1S/C11H14N2OS/c1-8(9(2)14)13-6-5-12-11(13)10-4-3-7-15-10/h3-9,14H,1-2H3. The smallest absolute Gasteiger partial charge is 0.150 e. The first-order chi connectivity index (χ1) is 7.20. The third kappa shape index (κ3) is 1.96. The van der Waals surface area contributed by atoms with Crippen molar-refractivity contribution < 1.29 is 5.11 Å². The van der Waals surface area contributed by atoms with Crippen LogP contribution in [0.25, 0.3) is 10.7 Å². The molecule has 0 bridgehead atoms. The van der Waals surface area contributed by atoms with Crippen LogP contribution in [0, 0.1) is 0 Å². The summed E-state index contributed by atoms with van der Waals surface area (Å²) in [5.41, 5.74) is 0. The molecule has 0 radical (unpaired) electrons. The minimum absolute atomic E-state index is 0.0459. The molecule has 0 amide bonds. The number of aromatic nitrogens is 2.